The molecule has 3 N–H and O–H groups in total. The first-order chi connectivity index (χ1) is 6.70. The zero-order valence-electron chi connectivity index (χ0n) is 7.58. The van der Waals surface area contributed by atoms with Crippen LogP contribution in [0.5, 0.6) is 0 Å². The molecule has 14 heavy (non-hydrogen) atoms. The fourth-order valence-corrected chi connectivity index (χ4v) is 3.91. The third-order valence-electron chi connectivity index (χ3n) is 2.28. The predicted octanol–water partition coefficient (Wildman–Crippen LogP) is 2.21. The molecular formula is C9H11NO2S2. The Hall–Kier alpha value is -0.680. The van der Waals surface area contributed by atoms with E-state index < -0.39 is 5.97 Å². The van der Waals surface area contributed by atoms with Gasteiger partial charge in [-0.15, -0.1) is 11.3 Å². The number of anilines is 1. The summed E-state index contributed by atoms with van der Waals surface area (Å²) < 4.78 is 0. The quantitative estimate of drug-likeness (QED) is 0.775. The van der Waals surface area contributed by atoms with Crippen molar-refractivity contribution in [2.75, 3.05) is 11.5 Å². The number of thioether (sulfide) groups is 1. The van der Waals surface area contributed by atoms with E-state index in [9.17, 15) is 4.79 Å². The minimum atomic E-state index is -0.882. The van der Waals surface area contributed by atoms with Gasteiger partial charge in [-0.05, 0) is 24.2 Å². The lowest BCUT2D eigenvalue weighted by atomic mass is 10.1. The molecule has 0 bridgehead atoms. The van der Waals surface area contributed by atoms with Crippen molar-refractivity contribution in [3.63, 3.8) is 0 Å². The number of fused-ring (bicyclic) bond motifs is 1. The number of nitrogens with two attached hydrogens (primary N) is 1. The van der Waals surface area contributed by atoms with Crippen LogP contribution in [0.25, 0.3) is 0 Å². The van der Waals surface area contributed by atoms with Crippen molar-refractivity contribution >= 4 is 34.1 Å². The fraction of sp³-hybridized carbons (Fsp3) is 0.444. The second-order valence-electron chi connectivity index (χ2n) is 3.20. The Morgan fingerprint density at radius 2 is 2.29 bits per heavy atom. The van der Waals surface area contributed by atoms with E-state index in [1.807, 2.05) is 11.8 Å². The van der Waals surface area contributed by atoms with E-state index >= 15 is 0 Å². The van der Waals surface area contributed by atoms with Crippen LogP contribution in [-0.2, 0) is 12.2 Å². The summed E-state index contributed by atoms with van der Waals surface area (Å²) in [7, 11) is 0. The summed E-state index contributed by atoms with van der Waals surface area (Å²) in [6.45, 7) is 0. The van der Waals surface area contributed by atoms with Gasteiger partial charge >= 0.3 is 5.97 Å². The average molecular weight is 229 g/mol. The van der Waals surface area contributed by atoms with Crippen LogP contribution in [-0.4, -0.2) is 16.8 Å². The molecule has 0 amide bonds. The smallest absolute Gasteiger partial charge is 0.338 e. The Morgan fingerprint density at radius 3 is 3.00 bits per heavy atom. The van der Waals surface area contributed by atoms with E-state index in [0.717, 1.165) is 34.8 Å². The van der Waals surface area contributed by atoms with Crippen molar-refractivity contribution in [2.24, 2.45) is 0 Å². The van der Waals surface area contributed by atoms with Crippen molar-refractivity contribution in [1.82, 2.24) is 0 Å². The van der Waals surface area contributed by atoms with Crippen LogP contribution in [0.4, 0.5) is 5.00 Å². The maximum atomic E-state index is 11.0. The maximum absolute atomic E-state index is 11.0. The number of carbonyl (C=O) groups is 1. The Balaban J connectivity index is 2.49. The fourth-order valence-electron chi connectivity index (χ4n) is 1.66. The molecule has 0 saturated heterocycles. The zero-order valence-corrected chi connectivity index (χ0v) is 9.21. The number of carboxylic acid groups (broad SMARTS) is 1. The molecule has 0 aliphatic carbocycles. The number of hydrogen-bond acceptors (Lipinski definition) is 4. The van der Waals surface area contributed by atoms with Crippen LogP contribution >= 0.6 is 23.1 Å². The molecule has 0 aromatic carbocycles. The maximum Gasteiger partial charge on any atom is 0.338 e. The van der Waals surface area contributed by atoms with Crippen molar-refractivity contribution < 1.29 is 9.90 Å². The number of nitrogen functional groups attached to an aromatic ring is 1. The highest BCUT2D eigenvalue weighted by Gasteiger charge is 2.22. The van der Waals surface area contributed by atoms with Gasteiger partial charge in [-0.2, -0.15) is 11.8 Å². The molecule has 0 spiro atoms. The lowest BCUT2D eigenvalue weighted by Crippen LogP contribution is -2.03. The van der Waals surface area contributed by atoms with Crippen molar-refractivity contribution in [3.05, 3.63) is 16.0 Å². The van der Waals surface area contributed by atoms with Gasteiger partial charge in [0.1, 0.15) is 5.00 Å². The predicted molar refractivity (Wildman–Crippen MR) is 60.2 cm³/mol. The van der Waals surface area contributed by atoms with E-state index in [1.54, 1.807) is 0 Å². The molecule has 0 radical (unpaired) electrons. The number of rotatable bonds is 1. The standard InChI is InChI=1S/C9H11NO2S2/c10-8-7(9(11)12)5-2-1-3-13-4-6(5)14-8/h1-4,10H2,(H,11,12). The lowest BCUT2D eigenvalue weighted by molar-refractivity contribution is 0.0697. The van der Waals surface area contributed by atoms with Gasteiger partial charge in [0.15, 0.2) is 0 Å². The highest BCUT2D eigenvalue weighted by Crippen LogP contribution is 2.36. The number of hydrogen-bond donors (Lipinski definition) is 2. The molecule has 0 unspecified atom stereocenters. The van der Waals surface area contributed by atoms with Gasteiger partial charge in [0.05, 0.1) is 5.56 Å². The van der Waals surface area contributed by atoms with Gasteiger partial charge in [0.2, 0.25) is 0 Å². The molecule has 2 heterocycles. The van der Waals surface area contributed by atoms with Crippen molar-refractivity contribution in [2.45, 2.75) is 18.6 Å². The second kappa shape index (κ2) is 3.82. The van der Waals surface area contributed by atoms with Crippen LogP contribution in [0, 0.1) is 0 Å². The Labute approximate surface area is 90.3 Å². The Bertz CT molecular complexity index is 373. The molecule has 1 aliphatic heterocycles. The van der Waals surface area contributed by atoms with Crippen LogP contribution in [0.3, 0.4) is 0 Å². The molecule has 0 atom stereocenters. The van der Waals surface area contributed by atoms with Gasteiger partial charge in [-0.1, -0.05) is 0 Å². The third kappa shape index (κ3) is 1.62. The molecule has 2 rings (SSSR count). The largest absolute Gasteiger partial charge is 0.478 e. The highest BCUT2D eigenvalue weighted by atomic mass is 32.2. The molecule has 0 fully saturated rings. The minimum absolute atomic E-state index is 0.354. The van der Waals surface area contributed by atoms with Gasteiger partial charge in [0, 0.05) is 10.6 Å². The van der Waals surface area contributed by atoms with Gasteiger partial charge in [-0.3, -0.25) is 0 Å². The highest BCUT2D eigenvalue weighted by molar-refractivity contribution is 7.98. The van der Waals surface area contributed by atoms with E-state index in [1.165, 1.54) is 11.3 Å². The molecule has 1 aromatic rings. The number of carboxylic acids is 1. The molecule has 1 aliphatic rings. The van der Waals surface area contributed by atoms with Gasteiger partial charge in [-0.25, -0.2) is 4.79 Å². The summed E-state index contributed by atoms with van der Waals surface area (Å²) in [4.78, 5) is 12.1. The summed E-state index contributed by atoms with van der Waals surface area (Å²) in [5.74, 6) is 1.14. The average Bonchev–Trinajstić information content (AvgIpc) is 2.31. The molecule has 76 valence electrons. The SMILES string of the molecule is Nc1sc2c(c1C(=O)O)CCCSC2. The van der Waals surface area contributed by atoms with Crippen LogP contribution in [0.15, 0.2) is 0 Å². The molecule has 1 aromatic heterocycles. The normalized spacial score (nSPS) is 16.0. The van der Waals surface area contributed by atoms with Crippen LogP contribution in [0.2, 0.25) is 0 Å². The summed E-state index contributed by atoms with van der Waals surface area (Å²) in [6.07, 6.45) is 1.91. The Morgan fingerprint density at radius 1 is 1.50 bits per heavy atom. The van der Waals surface area contributed by atoms with E-state index in [0.29, 0.717) is 10.6 Å². The minimum Gasteiger partial charge on any atom is -0.478 e. The third-order valence-corrected chi connectivity index (χ3v) is 4.59. The monoisotopic (exact) mass is 229 g/mol. The second-order valence-corrected chi connectivity index (χ2v) is 5.45. The van der Waals surface area contributed by atoms with Crippen molar-refractivity contribution in [1.29, 1.82) is 0 Å². The summed E-state index contributed by atoms with van der Waals surface area (Å²) >= 11 is 3.29. The molecule has 5 heteroatoms. The summed E-state index contributed by atoms with van der Waals surface area (Å²) in [5.41, 5.74) is 7.03. The molecule has 3 nitrogen and oxygen atoms in total. The first-order valence-electron chi connectivity index (χ1n) is 4.41. The lowest BCUT2D eigenvalue weighted by Gasteiger charge is -1.99. The van der Waals surface area contributed by atoms with E-state index in [-0.39, 0.29) is 0 Å². The van der Waals surface area contributed by atoms with Gasteiger partial charge in [0.25, 0.3) is 0 Å². The van der Waals surface area contributed by atoms with E-state index in [2.05, 4.69) is 0 Å². The zero-order chi connectivity index (χ0) is 10.1. The molecular weight excluding hydrogens is 218 g/mol. The summed E-state index contributed by atoms with van der Waals surface area (Å²) in [6, 6.07) is 0. The van der Waals surface area contributed by atoms with Crippen LogP contribution in [0.1, 0.15) is 27.2 Å². The Kier molecular flexibility index (Phi) is 2.69. The number of thiophene rings is 1. The topological polar surface area (TPSA) is 63.3 Å². The van der Waals surface area contributed by atoms with Crippen LogP contribution < -0.4 is 5.73 Å². The molecule has 0 saturated carbocycles. The van der Waals surface area contributed by atoms with Crippen molar-refractivity contribution in [3.8, 4) is 0 Å². The van der Waals surface area contributed by atoms with Gasteiger partial charge < -0.3 is 10.8 Å². The first-order valence-corrected chi connectivity index (χ1v) is 6.38. The number of aromatic carboxylic acids is 1. The first kappa shape index (κ1) is 9.86. The van der Waals surface area contributed by atoms with E-state index in [4.69, 9.17) is 10.8 Å². The summed E-state index contributed by atoms with van der Waals surface area (Å²) in [5, 5.41) is 9.49.